The zero-order chi connectivity index (χ0) is 15.4. The highest BCUT2D eigenvalue weighted by Gasteiger charge is 2.37. The van der Waals surface area contributed by atoms with E-state index in [1.54, 1.807) is 4.90 Å². The van der Waals surface area contributed by atoms with Crippen LogP contribution in [0.25, 0.3) is 0 Å². The summed E-state index contributed by atoms with van der Waals surface area (Å²) in [7, 11) is -1.86. The molecule has 6 heteroatoms. The molecule has 0 spiro atoms. The van der Waals surface area contributed by atoms with Crippen molar-refractivity contribution in [2.24, 2.45) is 0 Å². The lowest BCUT2D eigenvalue weighted by Gasteiger charge is -2.36. The van der Waals surface area contributed by atoms with E-state index in [4.69, 9.17) is 9.16 Å². The molecule has 1 fully saturated rings. The largest absolute Gasteiger partial charge is 0.414 e. The summed E-state index contributed by atoms with van der Waals surface area (Å²) in [6, 6.07) is 0. The number of rotatable bonds is 5. The van der Waals surface area contributed by atoms with E-state index in [2.05, 4.69) is 33.9 Å². The minimum absolute atomic E-state index is 0.0142. The van der Waals surface area contributed by atoms with Crippen molar-refractivity contribution in [2.45, 2.75) is 51.4 Å². The number of hydrogen-bond acceptors (Lipinski definition) is 4. The maximum absolute atomic E-state index is 12.0. The fourth-order valence-electron chi connectivity index (χ4n) is 1.72. The van der Waals surface area contributed by atoms with Crippen LogP contribution in [-0.2, 0) is 14.0 Å². The molecule has 0 bridgehead atoms. The maximum atomic E-state index is 12.0. The third-order valence-corrected chi connectivity index (χ3v) is 8.72. The number of carbonyl (C=O) groups is 1. The maximum Gasteiger partial charge on any atom is 0.225 e. The predicted octanol–water partition coefficient (Wildman–Crippen LogP) is 1.62. The second-order valence-electron chi connectivity index (χ2n) is 6.92. The van der Waals surface area contributed by atoms with Crippen molar-refractivity contribution >= 4 is 14.2 Å². The number of amides is 1. The Morgan fingerprint density at radius 3 is 2.40 bits per heavy atom. The quantitative estimate of drug-likeness (QED) is 0.784. The molecule has 1 heterocycles. The average molecular weight is 303 g/mol. The van der Waals surface area contributed by atoms with Gasteiger partial charge in [-0.3, -0.25) is 4.79 Å². The second kappa shape index (κ2) is 7.02. The number of carbonyl (C=O) groups excluding carboxylic acids is 1. The minimum Gasteiger partial charge on any atom is -0.414 e. The molecule has 0 saturated carbocycles. The van der Waals surface area contributed by atoms with Crippen LogP contribution in [0, 0.1) is 0 Å². The lowest BCUT2D eigenvalue weighted by molar-refractivity contribution is -0.137. The predicted molar refractivity (Wildman–Crippen MR) is 81.2 cm³/mol. The van der Waals surface area contributed by atoms with Gasteiger partial charge in [0.05, 0.1) is 32.3 Å². The molecule has 0 aromatic heterocycles. The third kappa shape index (κ3) is 5.16. The molecule has 1 amide bonds. The monoisotopic (exact) mass is 303 g/mol. The standard InChI is InChI=1S/C14H29NO4Si/c1-14(2,3)20(4,5)19-11-12(16)10-13(17)15-6-8-18-9-7-15/h12,16H,6-11H2,1-5H3/t12-/m0/s1. The number of aliphatic hydroxyl groups excluding tert-OH is 1. The van der Waals surface area contributed by atoms with E-state index in [1.807, 2.05) is 0 Å². The SMILES string of the molecule is CC(C)(C)[Si](C)(C)OC[C@@H](O)CC(=O)N1CCOCC1. The molecule has 0 unspecified atom stereocenters. The summed E-state index contributed by atoms with van der Waals surface area (Å²) >= 11 is 0. The van der Waals surface area contributed by atoms with Gasteiger partial charge in [0.1, 0.15) is 0 Å². The van der Waals surface area contributed by atoms with Gasteiger partial charge in [0.25, 0.3) is 0 Å². The summed E-state index contributed by atoms with van der Waals surface area (Å²) in [5.41, 5.74) is 0. The molecule has 1 N–H and O–H groups in total. The first-order valence-corrected chi connectivity index (χ1v) is 10.2. The molecule has 1 saturated heterocycles. The van der Waals surface area contributed by atoms with Gasteiger partial charge in [-0.2, -0.15) is 0 Å². The van der Waals surface area contributed by atoms with Crippen LogP contribution in [0.2, 0.25) is 18.1 Å². The van der Waals surface area contributed by atoms with Gasteiger partial charge in [-0.1, -0.05) is 20.8 Å². The molecule has 1 rings (SSSR count). The van der Waals surface area contributed by atoms with Crippen molar-refractivity contribution in [2.75, 3.05) is 32.9 Å². The van der Waals surface area contributed by atoms with Crippen LogP contribution in [0.3, 0.4) is 0 Å². The Morgan fingerprint density at radius 2 is 1.90 bits per heavy atom. The zero-order valence-electron chi connectivity index (χ0n) is 13.4. The molecule has 1 aliphatic rings. The number of morpholine rings is 1. The zero-order valence-corrected chi connectivity index (χ0v) is 14.4. The van der Waals surface area contributed by atoms with Crippen molar-refractivity contribution in [1.82, 2.24) is 4.90 Å². The Bertz CT molecular complexity index is 322. The molecule has 0 radical (unpaired) electrons. The summed E-state index contributed by atoms with van der Waals surface area (Å²) in [5, 5.41) is 10.1. The van der Waals surface area contributed by atoms with Crippen LogP contribution in [0.1, 0.15) is 27.2 Å². The molecular weight excluding hydrogens is 274 g/mol. The van der Waals surface area contributed by atoms with E-state index in [9.17, 15) is 9.90 Å². The molecule has 5 nitrogen and oxygen atoms in total. The van der Waals surface area contributed by atoms with Crippen LogP contribution in [-0.4, -0.2) is 63.2 Å². The summed E-state index contributed by atoms with van der Waals surface area (Å²) in [6.07, 6.45) is -0.589. The van der Waals surface area contributed by atoms with Crippen LogP contribution in [0.15, 0.2) is 0 Å². The van der Waals surface area contributed by atoms with Crippen molar-refractivity contribution in [3.05, 3.63) is 0 Å². The Morgan fingerprint density at radius 1 is 1.35 bits per heavy atom. The van der Waals surface area contributed by atoms with E-state index < -0.39 is 14.4 Å². The van der Waals surface area contributed by atoms with E-state index in [1.165, 1.54) is 0 Å². The lowest BCUT2D eigenvalue weighted by Crippen LogP contribution is -2.44. The molecule has 0 aromatic rings. The first-order valence-electron chi connectivity index (χ1n) is 7.31. The van der Waals surface area contributed by atoms with Crippen molar-refractivity contribution in [3.8, 4) is 0 Å². The van der Waals surface area contributed by atoms with E-state index in [0.717, 1.165) is 0 Å². The molecule has 0 aromatic carbocycles. The van der Waals surface area contributed by atoms with Gasteiger partial charge < -0.3 is 19.2 Å². The van der Waals surface area contributed by atoms with Gasteiger partial charge >= 0.3 is 0 Å². The highest BCUT2D eigenvalue weighted by Crippen LogP contribution is 2.36. The molecule has 1 aliphatic heterocycles. The third-order valence-electron chi connectivity index (χ3n) is 4.22. The molecule has 1 atom stereocenters. The van der Waals surface area contributed by atoms with Gasteiger partial charge in [-0.15, -0.1) is 0 Å². The number of aliphatic hydroxyl groups is 1. The first kappa shape index (κ1) is 17.6. The molecular formula is C14H29NO4Si. The first-order chi connectivity index (χ1) is 9.13. The van der Waals surface area contributed by atoms with Gasteiger partial charge in [-0.25, -0.2) is 0 Å². The van der Waals surface area contributed by atoms with E-state index in [0.29, 0.717) is 26.3 Å². The van der Waals surface area contributed by atoms with Crippen LogP contribution in [0.5, 0.6) is 0 Å². The topological polar surface area (TPSA) is 59.0 Å². The number of hydrogen-bond donors (Lipinski definition) is 1. The summed E-state index contributed by atoms with van der Waals surface area (Å²) in [6.45, 7) is 13.4. The van der Waals surface area contributed by atoms with Crippen LogP contribution >= 0.6 is 0 Å². The van der Waals surface area contributed by atoms with E-state index in [-0.39, 0.29) is 24.0 Å². The summed E-state index contributed by atoms with van der Waals surface area (Å²) in [4.78, 5) is 13.7. The smallest absolute Gasteiger partial charge is 0.225 e. The summed E-state index contributed by atoms with van der Waals surface area (Å²) in [5.74, 6) is -0.0142. The fourth-order valence-corrected chi connectivity index (χ4v) is 2.77. The number of nitrogens with zero attached hydrogens (tertiary/aromatic N) is 1. The van der Waals surface area contributed by atoms with Crippen LogP contribution < -0.4 is 0 Å². The molecule has 0 aliphatic carbocycles. The fraction of sp³-hybridized carbons (Fsp3) is 0.929. The normalized spacial score (nSPS) is 19.0. The Kier molecular flexibility index (Phi) is 6.18. The summed E-state index contributed by atoms with van der Waals surface area (Å²) < 4.78 is 11.1. The van der Waals surface area contributed by atoms with Crippen molar-refractivity contribution in [3.63, 3.8) is 0 Å². The van der Waals surface area contributed by atoms with Crippen molar-refractivity contribution in [1.29, 1.82) is 0 Å². The second-order valence-corrected chi connectivity index (χ2v) is 11.7. The average Bonchev–Trinajstić information content (AvgIpc) is 2.36. The Hall–Kier alpha value is -0.433. The van der Waals surface area contributed by atoms with Gasteiger partial charge in [0, 0.05) is 13.1 Å². The van der Waals surface area contributed by atoms with Gasteiger partial charge in [0.15, 0.2) is 8.32 Å². The molecule has 118 valence electrons. The number of ether oxygens (including phenoxy) is 1. The van der Waals surface area contributed by atoms with Crippen molar-refractivity contribution < 1.29 is 19.1 Å². The van der Waals surface area contributed by atoms with Gasteiger partial charge in [0.2, 0.25) is 5.91 Å². The van der Waals surface area contributed by atoms with Crippen LogP contribution in [0.4, 0.5) is 0 Å². The Balaban J connectivity index is 2.36. The highest BCUT2D eigenvalue weighted by molar-refractivity contribution is 6.74. The van der Waals surface area contributed by atoms with E-state index >= 15 is 0 Å². The van der Waals surface area contributed by atoms with Gasteiger partial charge in [-0.05, 0) is 18.1 Å². The Labute approximate surface area is 123 Å². The minimum atomic E-state index is -1.86. The lowest BCUT2D eigenvalue weighted by atomic mass is 10.2. The molecule has 20 heavy (non-hydrogen) atoms. The highest BCUT2D eigenvalue weighted by atomic mass is 28.4.